The van der Waals surface area contributed by atoms with E-state index in [9.17, 15) is 0 Å². The van der Waals surface area contributed by atoms with Crippen molar-refractivity contribution in [2.24, 2.45) is 0 Å². The van der Waals surface area contributed by atoms with E-state index in [0.29, 0.717) is 12.5 Å². The summed E-state index contributed by atoms with van der Waals surface area (Å²) in [5.74, 6) is 2.22. The van der Waals surface area contributed by atoms with Crippen LogP contribution in [-0.4, -0.2) is 36.3 Å². The van der Waals surface area contributed by atoms with Gasteiger partial charge in [0.15, 0.2) is 0 Å². The van der Waals surface area contributed by atoms with Crippen molar-refractivity contribution in [3.8, 4) is 5.88 Å². The van der Waals surface area contributed by atoms with E-state index in [1.807, 2.05) is 20.0 Å². The monoisotopic (exact) mass is 223 g/mol. The van der Waals surface area contributed by atoms with Crippen molar-refractivity contribution in [2.75, 3.05) is 25.6 Å². The number of nitrogens with zero attached hydrogens (tertiary/aromatic N) is 2. The minimum absolute atomic E-state index is 0.129. The summed E-state index contributed by atoms with van der Waals surface area (Å²) in [7, 11) is 1.84. The van der Waals surface area contributed by atoms with Crippen LogP contribution in [0.1, 0.15) is 19.2 Å². The molecule has 2 rings (SSSR count). The first-order valence-electron chi connectivity index (χ1n) is 5.62. The Labute approximate surface area is 95.2 Å². The van der Waals surface area contributed by atoms with Gasteiger partial charge in [-0.05, 0) is 0 Å². The highest BCUT2D eigenvalue weighted by Gasteiger charge is 2.18. The van der Waals surface area contributed by atoms with Crippen LogP contribution in [0.15, 0.2) is 6.07 Å². The smallest absolute Gasteiger partial charge is 0.219 e. The number of ether oxygens (including phenoxy) is 2. The van der Waals surface area contributed by atoms with Crippen LogP contribution in [0, 0.1) is 0 Å². The van der Waals surface area contributed by atoms with E-state index in [1.165, 1.54) is 0 Å². The molecular weight excluding hydrogens is 206 g/mol. The number of anilines is 1. The second kappa shape index (κ2) is 5.12. The Hall–Kier alpha value is -1.36. The molecule has 0 spiro atoms. The van der Waals surface area contributed by atoms with Gasteiger partial charge in [0.2, 0.25) is 5.88 Å². The van der Waals surface area contributed by atoms with Crippen molar-refractivity contribution in [3.63, 3.8) is 0 Å². The third-order valence-corrected chi connectivity index (χ3v) is 2.50. The van der Waals surface area contributed by atoms with Crippen molar-refractivity contribution in [2.45, 2.75) is 25.9 Å². The highest BCUT2D eigenvalue weighted by Crippen LogP contribution is 2.17. The van der Waals surface area contributed by atoms with Crippen molar-refractivity contribution >= 4 is 5.82 Å². The van der Waals surface area contributed by atoms with Crippen LogP contribution in [0.5, 0.6) is 5.88 Å². The first-order valence-corrected chi connectivity index (χ1v) is 5.62. The maximum Gasteiger partial charge on any atom is 0.219 e. The zero-order valence-electron chi connectivity index (χ0n) is 9.69. The molecular formula is C11H17N3O2. The first-order chi connectivity index (χ1) is 7.81. The zero-order valence-corrected chi connectivity index (χ0v) is 9.69. The molecule has 16 heavy (non-hydrogen) atoms. The van der Waals surface area contributed by atoms with E-state index in [-0.39, 0.29) is 6.10 Å². The third kappa shape index (κ3) is 2.61. The third-order valence-electron chi connectivity index (χ3n) is 2.50. The van der Waals surface area contributed by atoms with Gasteiger partial charge in [-0.3, -0.25) is 0 Å². The summed E-state index contributed by atoms with van der Waals surface area (Å²) < 4.78 is 11.0. The molecule has 1 unspecified atom stereocenters. The average Bonchev–Trinajstić information content (AvgIpc) is 2.81. The van der Waals surface area contributed by atoms with Gasteiger partial charge < -0.3 is 14.8 Å². The summed E-state index contributed by atoms with van der Waals surface area (Å²) >= 11 is 0. The number of rotatable bonds is 4. The van der Waals surface area contributed by atoms with Gasteiger partial charge in [0.05, 0.1) is 13.2 Å². The topological polar surface area (TPSA) is 56.3 Å². The summed E-state index contributed by atoms with van der Waals surface area (Å²) in [6.45, 7) is 3.45. The standard InChI is InChI=1S/C11H17N3O2/c1-3-9-13-10(12-2)6-11(14-9)16-8-4-5-15-7-8/h6,8H,3-5,7H2,1-2H3,(H,12,13,14). The Kier molecular flexibility index (Phi) is 3.56. The summed E-state index contributed by atoms with van der Waals surface area (Å²) in [4.78, 5) is 8.65. The molecule has 0 radical (unpaired) electrons. The van der Waals surface area contributed by atoms with Crippen LogP contribution in [0.25, 0.3) is 0 Å². The highest BCUT2D eigenvalue weighted by atomic mass is 16.5. The van der Waals surface area contributed by atoms with E-state index in [4.69, 9.17) is 9.47 Å². The van der Waals surface area contributed by atoms with Gasteiger partial charge in [-0.1, -0.05) is 6.92 Å². The lowest BCUT2D eigenvalue weighted by atomic mass is 10.3. The van der Waals surface area contributed by atoms with E-state index < -0.39 is 0 Å². The maximum atomic E-state index is 5.74. The van der Waals surface area contributed by atoms with E-state index in [2.05, 4.69) is 15.3 Å². The van der Waals surface area contributed by atoms with Gasteiger partial charge in [-0.2, -0.15) is 4.98 Å². The van der Waals surface area contributed by atoms with Gasteiger partial charge in [-0.15, -0.1) is 0 Å². The Morgan fingerprint density at radius 2 is 2.44 bits per heavy atom. The lowest BCUT2D eigenvalue weighted by molar-refractivity contribution is 0.138. The van der Waals surface area contributed by atoms with Crippen LogP contribution in [0.2, 0.25) is 0 Å². The van der Waals surface area contributed by atoms with Crippen LogP contribution in [0.4, 0.5) is 5.82 Å². The molecule has 5 nitrogen and oxygen atoms in total. The van der Waals surface area contributed by atoms with Crippen LogP contribution < -0.4 is 10.1 Å². The predicted octanol–water partition coefficient (Wildman–Crippen LogP) is 1.25. The number of hydrogen-bond acceptors (Lipinski definition) is 5. The van der Waals surface area contributed by atoms with Gasteiger partial charge in [0.1, 0.15) is 17.7 Å². The lowest BCUT2D eigenvalue weighted by Gasteiger charge is -2.12. The molecule has 5 heteroatoms. The Balaban J connectivity index is 2.12. The lowest BCUT2D eigenvalue weighted by Crippen LogP contribution is -2.17. The number of aromatic nitrogens is 2. The number of aryl methyl sites for hydroxylation is 1. The average molecular weight is 223 g/mol. The largest absolute Gasteiger partial charge is 0.472 e. The fraction of sp³-hybridized carbons (Fsp3) is 0.636. The predicted molar refractivity (Wildman–Crippen MR) is 60.8 cm³/mol. The summed E-state index contributed by atoms with van der Waals surface area (Å²) in [6, 6.07) is 1.82. The second-order valence-corrected chi connectivity index (χ2v) is 3.71. The van der Waals surface area contributed by atoms with Gasteiger partial charge >= 0.3 is 0 Å². The minimum Gasteiger partial charge on any atom is -0.472 e. The second-order valence-electron chi connectivity index (χ2n) is 3.71. The normalized spacial score (nSPS) is 19.8. The quantitative estimate of drug-likeness (QED) is 0.832. The minimum atomic E-state index is 0.129. The summed E-state index contributed by atoms with van der Waals surface area (Å²) in [5, 5.41) is 3.00. The molecule has 88 valence electrons. The first kappa shape index (κ1) is 11.1. The SMILES string of the molecule is CCc1nc(NC)cc(OC2CCOC2)n1. The van der Waals surface area contributed by atoms with Crippen molar-refractivity contribution in [3.05, 3.63) is 11.9 Å². The fourth-order valence-corrected chi connectivity index (χ4v) is 1.60. The Morgan fingerprint density at radius 3 is 3.06 bits per heavy atom. The van der Waals surface area contributed by atoms with E-state index in [1.54, 1.807) is 0 Å². The number of hydrogen-bond donors (Lipinski definition) is 1. The maximum absolute atomic E-state index is 5.74. The highest BCUT2D eigenvalue weighted by molar-refractivity contribution is 5.37. The molecule has 2 heterocycles. The molecule has 1 aromatic heterocycles. The van der Waals surface area contributed by atoms with Gasteiger partial charge in [0.25, 0.3) is 0 Å². The molecule has 1 aliphatic rings. The molecule has 0 bridgehead atoms. The van der Waals surface area contributed by atoms with Crippen LogP contribution >= 0.6 is 0 Å². The van der Waals surface area contributed by atoms with E-state index >= 15 is 0 Å². The van der Waals surface area contributed by atoms with Crippen molar-refractivity contribution < 1.29 is 9.47 Å². The zero-order chi connectivity index (χ0) is 11.4. The van der Waals surface area contributed by atoms with Crippen LogP contribution in [-0.2, 0) is 11.2 Å². The Bertz CT molecular complexity index is 329. The van der Waals surface area contributed by atoms with Crippen molar-refractivity contribution in [1.29, 1.82) is 0 Å². The molecule has 0 amide bonds. The Morgan fingerprint density at radius 1 is 1.56 bits per heavy atom. The van der Waals surface area contributed by atoms with Gasteiger partial charge in [-0.25, -0.2) is 4.98 Å². The van der Waals surface area contributed by atoms with Gasteiger partial charge in [0, 0.05) is 26.0 Å². The molecule has 1 fully saturated rings. The van der Waals surface area contributed by atoms with Crippen LogP contribution in [0.3, 0.4) is 0 Å². The molecule has 0 aromatic carbocycles. The number of nitrogens with one attached hydrogen (secondary N) is 1. The molecule has 1 aliphatic heterocycles. The molecule has 0 saturated carbocycles. The summed E-state index contributed by atoms with van der Waals surface area (Å²) in [5.41, 5.74) is 0. The molecule has 1 saturated heterocycles. The molecule has 1 atom stereocenters. The van der Waals surface area contributed by atoms with E-state index in [0.717, 1.165) is 31.1 Å². The summed E-state index contributed by atoms with van der Waals surface area (Å²) in [6.07, 6.45) is 1.86. The fourth-order valence-electron chi connectivity index (χ4n) is 1.60. The molecule has 1 aromatic rings. The van der Waals surface area contributed by atoms with Crippen molar-refractivity contribution in [1.82, 2.24) is 9.97 Å². The molecule has 1 N–H and O–H groups in total. The molecule has 0 aliphatic carbocycles.